The fourth-order valence-electron chi connectivity index (χ4n) is 2.78. The summed E-state index contributed by atoms with van der Waals surface area (Å²) in [4.78, 5) is 38.0. The van der Waals surface area contributed by atoms with Gasteiger partial charge >= 0.3 is 5.97 Å². The molecule has 0 bridgehead atoms. The molecule has 1 heterocycles. The highest BCUT2D eigenvalue weighted by Crippen LogP contribution is 2.24. The summed E-state index contributed by atoms with van der Waals surface area (Å²) in [6, 6.07) is 7.73. The number of nitrogens with one attached hydrogen (secondary N) is 1. The van der Waals surface area contributed by atoms with Crippen LogP contribution in [0.5, 0.6) is 0 Å². The van der Waals surface area contributed by atoms with Gasteiger partial charge in [0, 0.05) is 35.8 Å². The average Bonchev–Trinajstić information content (AvgIpc) is 2.74. The summed E-state index contributed by atoms with van der Waals surface area (Å²) in [7, 11) is 1.81. The van der Waals surface area contributed by atoms with Crippen LogP contribution in [0.3, 0.4) is 0 Å². The number of esters is 1. The van der Waals surface area contributed by atoms with Gasteiger partial charge in [-0.3, -0.25) is 14.4 Å². The van der Waals surface area contributed by atoms with Gasteiger partial charge < -0.3 is 10.1 Å². The van der Waals surface area contributed by atoms with E-state index in [-0.39, 0.29) is 24.1 Å². The molecule has 32 heavy (non-hydrogen) atoms. The Morgan fingerprint density at radius 3 is 2.25 bits per heavy atom. The van der Waals surface area contributed by atoms with E-state index in [0.717, 1.165) is 33.2 Å². The van der Waals surface area contributed by atoms with Gasteiger partial charge in [-0.05, 0) is 62.5 Å². The smallest absolute Gasteiger partial charge is 0.302 e. The third-order valence-electron chi connectivity index (χ3n) is 5.00. The van der Waals surface area contributed by atoms with E-state index in [4.69, 9.17) is 4.74 Å². The molecule has 0 aliphatic carbocycles. The molecule has 0 aliphatic rings. The monoisotopic (exact) mass is 504 g/mol. The highest BCUT2D eigenvalue weighted by molar-refractivity contribution is 9.10. The molecule has 1 aromatic carbocycles. The van der Waals surface area contributed by atoms with Gasteiger partial charge in [0.1, 0.15) is 12.4 Å². The third-order valence-corrected chi connectivity index (χ3v) is 5.50. The lowest BCUT2D eigenvalue weighted by Gasteiger charge is -2.09. The molecular formula is C25H33BrN2O4. The number of carbonyl (C=O) groups excluding carboxylic acids is 3. The van der Waals surface area contributed by atoms with Crippen molar-refractivity contribution in [2.75, 3.05) is 12.4 Å². The Balaban J connectivity index is 0.000000333. The highest BCUT2D eigenvalue weighted by Gasteiger charge is 2.11. The minimum absolute atomic E-state index is 0.0135. The molecule has 6 nitrogen and oxygen atoms in total. The van der Waals surface area contributed by atoms with Crippen molar-refractivity contribution in [2.24, 2.45) is 5.92 Å². The summed E-state index contributed by atoms with van der Waals surface area (Å²) in [6.07, 6.45) is 1.44. The van der Waals surface area contributed by atoms with Crippen molar-refractivity contribution >= 4 is 50.2 Å². The van der Waals surface area contributed by atoms with E-state index < -0.39 is 0 Å². The molecule has 1 N–H and O–H groups in total. The van der Waals surface area contributed by atoms with Crippen LogP contribution < -0.4 is 5.32 Å². The minimum Gasteiger partial charge on any atom is -0.461 e. The van der Waals surface area contributed by atoms with Crippen LogP contribution in [0.2, 0.25) is 0 Å². The van der Waals surface area contributed by atoms with Gasteiger partial charge in [0.25, 0.3) is 0 Å². The molecule has 174 valence electrons. The number of ether oxygens (including phenoxy) is 1. The zero-order valence-electron chi connectivity index (χ0n) is 20.0. The number of hydrogen-bond acceptors (Lipinski definition) is 6. The number of Topliss-reactive ketones (excluding diaryl/α,β-unsaturated/α-hetero) is 2. The molecule has 2 rings (SSSR count). The molecule has 0 unspecified atom stereocenters. The first kappa shape index (κ1) is 27.5. The van der Waals surface area contributed by atoms with E-state index >= 15 is 0 Å². The molecule has 0 aliphatic heterocycles. The Morgan fingerprint density at radius 1 is 1.06 bits per heavy atom. The van der Waals surface area contributed by atoms with Gasteiger partial charge in [0.2, 0.25) is 0 Å². The third kappa shape index (κ3) is 8.91. The highest BCUT2D eigenvalue weighted by atomic mass is 79.9. The number of anilines is 1. The number of allylic oxidation sites excluding steroid dienone is 2. The number of halogens is 1. The number of aromatic nitrogens is 1. The van der Waals surface area contributed by atoms with Crippen molar-refractivity contribution in [1.82, 2.24) is 4.98 Å². The fourth-order valence-corrected chi connectivity index (χ4v) is 3.13. The lowest BCUT2D eigenvalue weighted by Crippen LogP contribution is -2.07. The number of hydrogen-bond donors (Lipinski definition) is 1. The Labute approximate surface area is 199 Å². The number of ketones is 2. The summed E-state index contributed by atoms with van der Waals surface area (Å²) >= 11 is 3.42. The fraction of sp³-hybridized carbons (Fsp3) is 0.440. The van der Waals surface area contributed by atoms with Crippen LogP contribution in [0.25, 0.3) is 10.9 Å². The van der Waals surface area contributed by atoms with E-state index in [1.807, 2.05) is 31.3 Å². The second kappa shape index (κ2) is 13.1. The predicted octanol–water partition coefficient (Wildman–Crippen LogP) is 6.02. The topological polar surface area (TPSA) is 85.4 Å². The van der Waals surface area contributed by atoms with E-state index in [0.29, 0.717) is 23.5 Å². The van der Waals surface area contributed by atoms with Crippen LogP contribution in [0.1, 0.15) is 59.9 Å². The van der Waals surface area contributed by atoms with Gasteiger partial charge in [-0.15, -0.1) is 0 Å². The molecule has 0 spiro atoms. The van der Waals surface area contributed by atoms with Gasteiger partial charge in [-0.2, -0.15) is 0 Å². The predicted molar refractivity (Wildman–Crippen MR) is 133 cm³/mol. The van der Waals surface area contributed by atoms with Crippen molar-refractivity contribution in [2.45, 2.75) is 61.0 Å². The summed E-state index contributed by atoms with van der Waals surface area (Å²) in [5.74, 6) is 1.09. The largest absolute Gasteiger partial charge is 0.461 e. The molecule has 2 aromatic rings. The number of pyridine rings is 1. The zero-order chi connectivity index (χ0) is 24.4. The molecule has 0 radical (unpaired) electrons. The van der Waals surface area contributed by atoms with Gasteiger partial charge in [0.15, 0.2) is 11.6 Å². The second-order valence-electron chi connectivity index (χ2n) is 8.02. The van der Waals surface area contributed by atoms with Crippen LogP contribution in [0, 0.1) is 5.92 Å². The van der Waals surface area contributed by atoms with Crippen LogP contribution in [0.15, 0.2) is 39.9 Å². The Morgan fingerprint density at radius 2 is 1.72 bits per heavy atom. The Bertz CT molecular complexity index is 1010. The van der Waals surface area contributed by atoms with E-state index in [9.17, 15) is 14.4 Å². The minimum atomic E-state index is -0.289. The molecule has 0 fully saturated rings. The number of nitrogens with zero attached hydrogens (tertiary/aromatic N) is 1. The Hall–Kier alpha value is -2.54. The number of rotatable bonds is 8. The standard InChI is InChI=1S/C13H13BrN2O2.C12H20O2/c1-8(17)18-7-9-5-13(15-2)16-12-6-10(14)3-4-11(9)12;1-8(2)6-7-12(14)10(4)9(3)11(5)13/h3-6H,7H2,1-2H3,(H,15,16);8H,6-7H2,1-5H3/b;10-9-. The first-order chi connectivity index (χ1) is 15.0. The molecule has 0 amide bonds. The SMILES string of the molecule is CC(=O)/C(C)=C(/C)C(=O)CCC(C)C.CNc1cc(COC(C)=O)c2ccc(Br)cc2n1. The van der Waals surface area contributed by atoms with Gasteiger partial charge in [-0.25, -0.2) is 4.98 Å². The van der Waals surface area contributed by atoms with Gasteiger partial charge in [-0.1, -0.05) is 35.8 Å². The number of fused-ring (bicyclic) bond motifs is 1. The summed E-state index contributed by atoms with van der Waals surface area (Å²) in [5, 5.41) is 3.98. The van der Waals surface area contributed by atoms with Crippen LogP contribution in [0.4, 0.5) is 5.82 Å². The molecule has 0 atom stereocenters. The van der Waals surface area contributed by atoms with Crippen molar-refractivity contribution in [1.29, 1.82) is 0 Å². The normalized spacial score (nSPS) is 11.4. The number of benzene rings is 1. The van der Waals surface area contributed by atoms with Crippen LogP contribution in [-0.2, 0) is 25.7 Å². The number of carbonyl (C=O) groups is 3. The van der Waals surface area contributed by atoms with E-state index in [1.54, 1.807) is 13.8 Å². The molecule has 7 heteroatoms. The zero-order valence-corrected chi connectivity index (χ0v) is 21.6. The van der Waals surface area contributed by atoms with E-state index in [1.165, 1.54) is 13.8 Å². The summed E-state index contributed by atoms with van der Waals surface area (Å²) in [5.41, 5.74) is 3.02. The van der Waals surface area contributed by atoms with Gasteiger partial charge in [0.05, 0.1) is 5.52 Å². The summed E-state index contributed by atoms with van der Waals surface area (Å²) in [6.45, 7) is 10.8. The lowest BCUT2D eigenvalue weighted by molar-refractivity contribution is -0.142. The second-order valence-corrected chi connectivity index (χ2v) is 8.94. The first-order valence-electron chi connectivity index (χ1n) is 10.6. The summed E-state index contributed by atoms with van der Waals surface area (Å²) < 4.78 is 6.03. The quantitative estimate of drug-likeness (QED) is 0.349. The van der Waals surface area contributed by atoms with Crippen LogP contribution >= 0.6 is 15.9 Å². The maximum Gasteiger partial charge on any atom is 0.302 e. The van der Waals surface area contributed by atoms with Crippen molar-refractivity contribution in [3.05, 3.63) is 45.4 Å². The van der Waals surface area contributed by atoms with Crippen LogP contribution in [-0.4, -0.2) is 29.6 Å². The van der Waals surface area contributed by atoms with Crippen molar-refractivity contribution in [3.8, 4) is 0 Å². The van der Waals surface area contributed by atoms with E-state index in [2.05, 4.69) is 40.1 Å². The maximum atomic E-state index is 11.6. The van der Waals surface area contributed by atoms with Crippen molar-refractivity contribution in [3.63, 3.8) is 0 Å². The molecular weight excluding hydrogens is 472 g/mol. The van der Waals surface area contributed by atoms with Crippen molar-refractivity contribution < 1.29 is 19.1 Å². The molecule has 1 aromatic heterocycles. The Kier molecular flexibility index (Phi) is 11.3. The molecule has 0 saturated heterocycles. The molecule has 0 saturated carbocycles. The first-order valence-corrected chi connectivity index (χ1v) is 11.4. The maximum absolute atomic E-state index is 11.6. The average molecular weight is 505 g/mol. The lowest BCUT2D eigenvalue weighted by atomic mass is 9.98.